The number of fused-ring (bicyclic) bond motifs is 1. The van der Waals surface area contributed by atoms with Crippen LogP contribution in [0.4, 0.5) is 9.39 Å². The number of imidazole rings is 1. The van der Waals surface area contributed by atoms with E-state index in [-0.39, 0.29) is 11.5 Å². The first-order valence-electron chi connectivity index (χ1n) is 9.80. The lowest BCUT2D eigenvalue weighted by Crippen LogP contribution is -2.27. The molecule has 2 N–H and O–H groups in total. The van der Waals surface area contributed by atoms with E-state index in [1.54, 1.807) is 6.07 Å². The second-order valence-electron chi connectivity index (χ2n) is 7.14. The standard InChI is InChI=1S/C23H21FN4O2S/c1-14-12-20(27-22(29)16-6-5-7-17(24)13-16)31-21(14)23(30)25-10-11-28-15(2)26-18-8-3-4-9-19(18)28/h3-9,12-13H,10-11H2,1-2H3,(H,25,30)(H,27,29). The zero-order chi connectivity index (χ0) is 22.0. The quantitative estimate of drug-likeness (QED) is 0.466. The number of amides is 2. The molecule has 0 saturated heterocycles. The summed E-state index contributed by atoms with van der Waals surface area (Å²) >= 11 is 1.19. The van der Waals surface area contributed by atoms with Crippen LogP contribution in [0.2, 0.25) is 0 Å². The minimum absolute atomic E-state index is 0.198. The smallest absolute Gasteiger partial charge is 0.261 e. The van der Waals surface area contributed by atoms with Gasteiger partial charge >= 0.3 is 0 Å². The molecule has 4 rings (SSSR count). The molecular weight excluding hydrogens is 415 g/mol. The highest BCUT2D eigenvalue weighted by atomic mass is 32.1. The van der Waals surface area contributed by atoms with E-state index in [2.05, 4.69) is 20.2 Å². The van der Waals surface area contributed by atoms with Crippen molar-refractivity contribution in [2.45, 2.75) is 20.4 Å². The number of hydrogen-bond acceptors (Lipinski definition) is 4. The highest BCUT2D eigenvalue weighted by Crippen LogP contribution is 2.27. The Morgan fingerprint density at radius 3 is 2.68 bits per heavy atom. The van der Waals surface area contributed by atoms with E-state index in [1.807, 2.05) is 38.1 Å². The fourth-order valence-corrected chi connectivity index (χ4v) is 4.41. The molecule has 0 unspecified atom stereocenters. The van der Waals surface area contributed by atoms with Gasteiger partial charge in [0.1, 0.15) is 11.6 Å². The molecule has 0 aliphatic heterocycles. The lowest BCUT2D eigenvalue weighted by Gasteiger charge is -2.08. The maximum atomic E-state index is 13.3. The largest absolute Gasteiger partial charge is 0.350 e. The number of thiophene rings is 1. The molecule has 4 aromatic rings. The molecule has 0 atom stereocenters. The number of rotatable bonds is 6. The van der Waals surface area contributed by atoms with Crippen molar-refractivity contribution >= 4 is 39.2 Å². The zero-order valence-corrected chi connectivity index (χ0v) is 17.9. The first kappa shape index (κ1) is 20.7. The van der Waals surface area contributed by atoms with Crippen LogP contribution < -0.4 is 10.6 Å². The van der Waals surface area contributed by atoms with E-state index in [0.717, 1.165) is 22.4 Å². The Labute approximate surface area is 182 Å². The zero-order valence-electron chi connectivity index (χ0n) is 17.1. The van der Waals surface area contributed by atoms with E-state index >= 15 is 0 Å². The maximum absolute atomic E-state index is 13.3. The molecular formula is C23H21FN4O2S. The molecule has 0 spiro atoms. The van der Waals surface area contributed by atoms with Gasteiger partial charge in [0.15, 0.2) is 0 Å². The molecule has 31 heavy (non-hydrogen) atoms. The van der Waals surface area contributed by atoms with Crippen LogP contribution in [0, 0.1) is 19.7 Å². The Balaban J connectivity index is 1.39. The Hall–Kier alpha value is -3.52. The first-order valence-corrected chi connectivity index (χ1v) is 10.6. The van der Waals surface area contributed by atoms with Crippen molar-refractivity contribution in [2.24, 2.45) is 0 Å². The van der Waals surface area contributed by atoms with Crippen LogP contribution in [-0.2, 0) is 6.54 Å². The molecule has 6 nitrogen and oxygen atoms in total. The number of anilines is 1. The number of nitrogens with zero attached hydrogens (tertiary/aromatic N) is 2. The summed E-state index contributed by atoms with van der Waals surface area (Å²) in [5.74, 6) is -0.202. The fraction of sp³-hybridized carbons (Fsp3) is 0.174. The van der Waals surface area contributed by atoms with Crippen molar-refractivity contribution in [2.75, 3.05) is 11.9 Å². The van der Waals surface area contributed by atoms with Crippen LogP contribution in [0.25, 0.3) is 11.0 Å². The average Bonchev–Trinajstić information content (AvgIpc) is 3.27. The van der Waals surface area contributed by atoms with E-state index < -0.39 is 11.7 Å². The van der Waals surface area contributed by atoms with Gasteiger partial charge in [-0.15, -0.1) is 11.3 Å². The summed E-state index contributed by atoms with van der Waals surface area (Å²) < 4.78 is 15.4. The van der Waals surface area contributed by atoms with Crippen LogP contribution in [0.1, 0.15) is 31.4 Å². The number of hydrogen-bond donors (Lipinski definition) is 2. The van der Waals surface area contributed by atoms with Gasteiger partial charge in [0.05, 0.1) is 20.9 Å². The Kier molecular flexibility index (Phi) is 5.81. The third-order valence-electron chi connectivity index (χ3n) is 4.91. The first-order chi connectivity index (χ1) is 14.9. The van der Waals surface area contributed by atoms with E-state index in [1.165, 1.54) is 35.6 Å². The summed E-state index contributed by atoms with van der Waals surface area (Å²) in [5.41, 5.74) is 2.95. The summed E-state index contributed by atoms with van der Waals surface area (Å²) in [5, 5.41) is 6.20. The van der Waals surface area contributed by atoms with Crippen molar-refractivity contribution in [3.63, 3.8) is 0 Å². The molecule has 158 valence electrons. The van der Waals surface area contributed by atoms with Gasteiger partial charge in [-0.2, -0.15) is 0 Å². The number of aromatic nitrogens is 2. The molecule has 0 saturated carbocycles. The molecule has 2 heterocycles. The summed E-state index contributed by atoms with van der Waals surface area (Å²) in [7, 11) is 0. The van der Waals surface area contributed by atoms with Crippen LogP contribution in [0.5, 0.6) is 0 Å². The van der Waals surface area contributed by atoms with Crippen molar-refractivity contribution in [3.8, 4) is 0 Å². The van der Waals surface area contributed by atoms with Gasteiger partial charge in [0, 0.05) is 18.7 Å². The van der Waals surface area contributed by atoms with Crippen molar-refractivity contribution in [1.82, 2.24) is 14.9 Å². The number of halogens is 1. The van der Waals surface area contributed by atoms with Crippen LogP contribution in [-0.4, -0.2) is 27.9 Å². The van der Waals surface area contributed by atoms with Crippen molar-refractivity contribution in [1.29, 1.82) is 0 Å². The summed E-state index contributed by atoms with van der Waals surface area (Å²) in [6.45, 7) is 4.81. The molecule has 0 radical (unpaired) electrons. The van der Waals surface area contributed by atoms with Gasteiger partial charge in [-0.25, -0.2) is 9.37 Å². The van der Waals surface area contributed by atoms with Crippen LogP contribution in [0.15, 0.2) is 54.6 Å². The lowest BCUT2D eigenvalue weighted by molar-refractivity contribution is 0.0954. The predicted molar refractivity (Wildman–Crippen MR) is 120 cm³/mol. The van der Waals surface area contributed by atoms with Gasteiger partial charge < -0.3 is 15.2 Å². The Bertz CT molecular complexity index is 1280. The number of nitrogens with one attached hydrogen (secondary N) is 2. The van der Waals surface area contributed by atoms with Gasteiger partial charge in [-0.3, -0.25) is 9.59 Å². The minimum Gasteiger partial charge on any atom is -0.350 e. The molecule has 0 aliphatic rings. The average molecular weight is 437 g/mol. The van der Waals surface area contributed by atoms with Crippen LogP contribution >= 0.6 is 11.3 Å². The number of carbonyl (C=O) groups excluding carboxylic acids is 2. The highest BCUT2D eigenvalue weighted by Gasteiger charge is 2.16. The lowest BCUT2D eigenvalue weighted by atomic mass is 10.2. The Morgan fingerprint density at radius 2 is 1.87 bits per heavy atom. The van der Waals surface area contributed by atoms with Gasteiger partial charge in [0.25, 0.3) is 11.8 Å². The molecule has 0 bridgehead atoms. The number of aryl methyl sites for hydroxylation is 2. The molecule has 8 heteroatoms. The van der Waals surface area contributed by atoms with Gasteiger partial charge in [-0.1, -0.05) is 18.2 Å². The fourth-order valence-electron chi connectivity index (χ4n) is 3.42. The van der Waals surface area contributed by atoms with Gasteiger partial charge in [-0.05, 0) is 55.8 Å². The number of para-hydroxylation sites is 2. The predicted octanol–water partition coefficient (Wildman–Crippen LogP) is 4.54. The van der Waals surface area contributed by atoms with Crippen molar-refractivity contribution < 1.29 is 14.0 Å². The Morgan fingerprint density at radius 1 is 1.06 bits per heavy atom. The second kappa shape index (κ2) is 8.69. The summed E-state index contributed by atoms with van der Waals surface area (Å²) in [6.07, 6.45) is 0. The third kappa shape index (κ3) is 4.49. The summed E-state index contributed by atoms with van der Waals surface area (Å²) in [6, 6.07) is 15.1. The van der Waals surface area contributed by atoms with Gasteiger partial charge in [0.2, 0.25) is 0 Å². The monoisotopic (exact) mass is 436 g/mol. The molecule has 2 amide bonds. The topological polar surface area (TPSA) is 76.0 Å². The molecule has 0 aliphatic carbocycles. The van der Waals surface area contributed by atoms with Crippen molar-refractivity contribution in [3.05, 3.63) is 82.2 Å². The molecule has 2 aromatic carbocycles. The van der Waals surface area contributed by atoms with E-state index in [4.69, 9.17) is 0 Å². The van der Waals surface area contributed by atoms with E-state index in [9.17, 15) is 14.0 Å². The van der Waals surface area contributed by atoms with Crippen LogP contribution in [0.3, 0.4) is 0 Å². The van der Waals surface area contributed by atoms with E-state index in [0.29, 0.717) is 23.0 Å². The molecule has 2 aromatic heterocycles. The second-order valence-corrected chi connectivity index (χ2v) is 8.19. The normalized spacial score (nSPS) is 10.9. The summed E-state index contributed by atoms with van der Waals surface area (Å²) in [4.78, 5) is 30.0. The third-order valence-corrected chi connectivity index (χ3v) is 6.07. The number of benzene rings is 2. The number of carbonyl (C=O) groups is 2. The maximum Gasteiger partial charge on any atom is 0.261 e. The SMILES string of the molecule is Cc1cc(NC(=O)c2cccc(F)c2)sc1C(=O)NCCn1c(C)nc2ccccc21. The molecule has 0 fully saturated rings. The highest BCUT2D eigenvalue weighted by molar-refractivity contribution is 7.18. The minimum atomic E-state index is -0.476.